The number of rotatable bonds is 3. The zero-order valence-corrected chi connectivity index (χ0v) is 14.6. The number of nitrogens with two attached hydrogens (primary N) is 1. The molecule has 1 unspecified atom stereocenters. The molecule has 0 spiro atoms. The Kier molecular flexibility index (Phi) is 5.22. The van der Waals surface area contributed by atoms with E-state index in [1.807, 2.05) is 0 Å². The highest BCUT2D eigenvalue weighted by molar-refractivity contribution is 6.00. The predicted octanol–water partition coefficient (Wildman–Crippen LogP) is 0.915. The van der Waals surface area contributed by atoms with Gasteiger partial charge in [-0.05, 0) is 38.1 Å². The lowest BCUT2D eigenvalue weighted by Gasteiger charge is -2.36. The quantitative estimate of drug-likeness (QED) is 0.882. The molecule has 0 bridgehead atoms. The summed E-state index contributed by atoms with van der Waals surface area (Å²) >= 11 is 0. The van der Waals surface area contributed by atoms with Crippen molar-refractivity contribution in [3.05, 3.63) is 29.6 Å². The van der Waals surface area contributed by atoms with Gasteiger partial charge in [-0.2, -0.15) is 0 Å². The van der Waals surface area contributed by atoms with Gasteiger partial charge in [-0.25, -0.2) is 4.39 Å². The molecule has 1 aromatic carbocycles. The molecule has 0 aliphatic carbocycles. The van der Waals surface area contributed by atoms with Gasteiger partial charge in [0.1, 0.15) is 5.82 Å². The van der Waals surface area contributed by atoms with Gasteiger partial charge in [0.05, 0.1) is 11.5 Å². The van der Waals surface area contributed by atoms with Crippen molar-refractivity contribution in [2.24, 2.45) is 11.7 Å². The van der Waals surface area contributed by atoms with E-state index < -0.39 is 5.82 Å². The first-order valence-corrected chi connectivity index (χ1v) is 8.77. The Hall–Kier alpha value is -2.15. The lowest BCUT2D eigenvalue weighted by atomic mass is 9.96. The molecule has 136 valence electrons. The van der Waals surface area contributed by atoms with E-state index in [0.29, 0.717) is 25.1 Å². The number of benzene rings is 1. The number of hydrogen-bond acceptors (Lipinski definition) is 4. The lowest BCUT2D eigenvalue weighted by molar-refractivity contribution is -0.123. The van der Waals surface area contributed by atoms with Crippen molar-refractivity contribution in [2.75, 3.05) is 51.2 Å². The topological polar surface area (TPSA) is 69.9 Å². The normalized spacial score (nSPS) is 22.1. The summed E-state index contributed by atoms with van der Waals surface area (Å²) < 4.78 is 13.8. The molecule has 2 saturated heterocycles. The number of amides is 2. The first kappa shape index (κ1) is 17.7. The van der Waals surface area contributed by atoms with Crippen LogP contribution in [0.15, 0.2) is 18.2 Å². The molecule has 0 radical (unpaired) electrons. The summed E-state index contributed by atoms with van der Waals surface area (Å²) in [4.78, 5) is 30.5. The second-order valence-corrected chi connectivity index (χ2v) is 6.94. The van der Waals surface area contributed by atoms with Gasteiger partial charge in [0, 0.05) is 45.0 Å². The molecule has 1 aromatic rings. The van der Waals surface area contributed by atoms with Gasteiger partial charge in [0.2, 0.25) is 5.91 Å². The van der Waals surface area contributed by atoms with Crippen molar-refractivity contribution in [1.29, 1.82) is 0 Å². The molecular weight excluding hydrogens is 323 g/mol. The fourth-order valence-electron chi connectivity index (χ4n) is 3.57. The number of piperidine rings is 1. The molecule has 7 heteroatoms. The van der Waals surface area contributed by atoms with Gasteiger partial charge in [0.25, 0.3) is 5.91 Å². The molecule has 2 heterocycles. The average molecular weight is 348 g/mol. The predicted molar refractivity (Wildman–Crippen MR) is 93.9 cm³/mol. The Bertz CT molecular complexity index is 658. The molecule has 0 aromatic heterocycles. The van der Waals surface area contributed by atoms with Crippen molar-refractivity contribution in [2.45, 2.75) is 12.8 Å². The SMILES string of the molecule is CN1CCN(c2ccc(F)cc2C(=O)N2CCCC(C(N)=O)C2)CC1. The summed E-state index contributed by atoms with van der Waals surface area (Å²) in [6, 6.07) is 4.39. The number of primary amides is 1. The van der Waals surface area contributed by atoms with Crippen molar-refractivity contribution in [1.82, 2.24) is 9.80 Å². The van der Waals surface area contributed by atoms with E-state index >= 15 is 0 Å². The molecule has 2 aliphatic heterocycles. The zero-order valence-electron chi connectivity index (χ0n) is 14.6. The monoisotopic (exact) mass is 348 g/mol. The standard InChI is InChI=1S/C18H25FN4O2/c1-21-7-9-22(10-8-21)16-5-4-14(19)11-15(16)18(25)23-6-2-3-13(12-23)17(20)24/h4-5,11,13H,2-3,6-10,12H2,1H3,(H2,20,24). The fraction of sp³-hybridized carbons (Fsp3) is 0.556. The summed E-state index contributed by atoms with van der Waals surface area (Å²) in [6.07, 6.45) is 1.44. The summed E-state index contributed by atoms with van der Waals surface area (Å²) in [6.45, 7) is 4.28. The number of likely N-dealkylation sites (tertiary alicyclic amines) is 1. The van der Waals surface area contributed by atoms with Crippen molar-refractivity contribution in [3.63, 3.8) is 0 Å². The van der Waals surface area contributed by atoms with Crippen LogP contribution < -0.4 is 10.6 Å². The van der Waals surface area contributed by atoms with Gasteiger partial charge < -0.3 is 20.4 Å². The number of carbonyl (C=O) groups is 2. The number of anilines is 1. The molecule has 2 amide bonds. The third-order valence-electron chi connectivity index (χ3n) is 5.14. The Balaban J connectivity index is 1.84. The van der Waals surface area contributed by atoms with Crippen molar-refractivity contribution >= 4 is 17.5 Å². The third kappa shape index (κ3) is 3.92. The number of hydrogen-bond donors (Lipinski definition) is 1. The van der Waals surface area contributed by atoms with Gasteiger partial charge in [-0.1, -0.05) is 0 Å². The Morgan fingerprint density at radius 3 is 2.56 bits per heavy atom. The van der Waals surface area contributed by atoms with E-state index in [9.17, 15) is 14.0 Å². The summed E-state index contributed by atoms with van der Waals surface area (Å²) in [5, 5.41) is 0. The number of carbonyl (C=O) groups excluding carboxylic acids is 2. The van der Waals surface area contributed by atoms with Crippen molar-refractivity contribution < 1.29 is 14.0 Å². The maximum absolute atomic E-state index is 13.8. The lowest BCUT2D eigenvalue weighted by Crippen LogP contribution is -2.46. The van der Waals surface area contributed by atoms with Crippen molar-refractivity contribution in [3.8, 4) is 0 Å². The van der Waals surface area contributed by atoms with E-state index in [0.717, 1.165) is 38.3 Å². The summed E-state index contributed by atoms with van der Waals surface area (Å²) in [5.41, 5.74) is 6.54. The minimum Gasteiger partial charge on any atom is -0.369 e. The van der Waals surface area contributed by atoms with Gasteiger partial charge in [-0.15, -0.1) is 0 Å². The zero-order chi connectivity index (χ0) is 18.0. The number of nitrogens with zero attached hydrogens (tertiary/aromatic N) is 3. The molecule has 2 aliphatic rings. The molecule has 2 fully saturated rings. The molecule has 0 saturated carbocycles. The van der Waals surface area contributed by atoms with E-state index in [-0.39, 0.29) is 17.7 Å². The molecule has 25 heavy (non-hydrogen) atoms. The van der Waals surface area contributed by atoms with Crippen LogP contribution >= 0.6 is 0 Å². The summed E-state index contributed by atoms with van der Waals surface area (Å²) in [7, 11) is 2.06. The highest BCUT2D eigenvalue weighted by Gasteiger charge is 2.30. The number of halogens is 1. The highest BCUT2D eigenvalue weighted by Crippen LogP contribution is 2.26. The minimum atomic E-state index is -0.426. The van der Waals surface area contributed by atoms with E-state index in [1.165, 1.54) is 12.1 Å². The van der Waals surface area contributed by atoms with Gasteiger partial charge in [-0.3, -0.25) is 9.59 Å². The average Bonchev–Trinajstić information content (AvgIpc) is 2.62. The van der Waals surface area contributed by atoms with E-state index in [2.05, 4.69) is 16.8 Å². The molecule has 2 N–H and O–H groups in total. The second-order valence-electron chi connectivity index (χ2n) is 6.94. The second kappa shape index (κ2) is 7.39. The highest BCUT2D eigenvalue weighted by atomic mass is 19.1. The van der Waals surface area contributed by atoms with Crippen LogP contribution in [0.1, 0.15) is 23.2 Å². The number of likely N-dealkylation sites (N-methyl/N-ethyl adjacent to an activating group) is 1. The van der Waals surface area contributed by atoms with Crippen LogP contribution in [0.5, 0.6) is 0 Å². The Morgan fingerprint density at radius 1 is 1.16 bits per heavy atom. The largest absolute Gasteiger partial charge is 0.369 e. The van der Waals surface area contributed by atoms with Crippen LogP contribution in [0.2, 0.25) is 0 Å². The van der Waals surface area contributed by atoms with E-state index in [1.54, 1.807) is 11.0 Å². The van der Waals surface area contributed by atoms with Crippen LogP contribution in [0.25, 0.3) is 0 Å². The first-order chi connectivity index (χ1) is 12.0. The van der Waals surface area contributed by atoms with Crippen LogP contribution in [-0.2, 0) is 4.79 Å². The Morgan fingerprint density at radius 2 is 1.88 bits per heavy atom. The summed E-state index contributed by atoms with van der Waals surface area (Å²) in [5.74, 6) is -1.35. The Labute approximate surface area is 147 Å². The number of piperazine rings is 1. The van der Waals surface area contributed by atoms with Crippen LogP contribution in [0.3, 0.4) is 0 Å². The molecule has 6 nitrogen and oxygen atoms in total. The first-order valence-electron chi connectivity index (χ1n) is 8.77. The maximum atomic E-state index is 13.8. The third-order valence-corrected chi connectivity index (χ3v) is 5.14. The van der Waals surface area contributed by atoms with Crippen LogP contribution in [0.4, 0.5) is 10.1 Å². The maximum Gasteiger partial charge on any atom is 0.256 e. The van der Waals surface area contributed by atoms with Crippen LogP contribution in [0, 0.1) is 11.7 Å². The molecular formula is C18H25FN4O2. The smallest absolute Gasteiger partial charge is 0.256 e. The van der Waals surface area contributed by atoms with Crippen LogP contribution in [-0.4, -0.2) is 67.9 Å². The molecule has 1 atom stereocenters. The minimum absolute atomic E-state index is 0.223. The van der Waals surface area contributed by atoms with E-state index in [4.69, 9.17) is 5.73 Å². The molecule has 3 rings (SSSR count). The fourth-order valence-corrected chi connectivity index (χ4v) is 3.57. The van der Waals surface area contributed by atoms with Gasteiger partial charge in [0.15, 0.2) is 0 Å². The van der Waals surface area contributed by atoms with Gasteiger partial charge >= 0.3 is 0 Å².